The largest absolute Gasteiger partial charge is 0.497 e. The molecule has 0 radical (unpaired) electrons. The van der Waals surface area contributed by atoms with Crippen molar-refractivity contribution in [2.45, 2.75) is 6.61 Å². The van der Waals surface area contributed by atoms with E-state index in [9.17, 15) is 9.59 Å². The van der Waals surface area contributed by atoms with E-state index in [4.69, 9.17) is 21.1 Å². The van der Waals surface area contributed by atoms with Crippen LogP contribution in [-0.4, -0.2) is 18.7 Å². The lowest BCUT2D eigenvalue weighted by molar-refractivity contribution is 0.0986. The highest BCUT2D eigenvalue weighted by Gasteiger charge is 2.29. The number of halogens is 1. The molecule has 0 fully saturated rings. The molecule has 0 unspecified atom stereocenters. The minimum atomic E-state index is -0.412. The van der Waals surface area contributed by atoms with Crippen LogP contribution >= 0.6 is 11.6 Å². The van der Waals surface area contributed by atoms with Gasteiger partial charge in [-0.25, -0.2) is 0 Å². The Morgan fingerprint density at radius 3 is 2.52 bits per heavy atom. The number of Topliss-reactive ketones (excluding diaryl/α,β-unsaturated/α-hetero) is 1. The molecule has 0 saturated heterocycles. The van der Waals surface area contributed by atoms with Crippen LogP contribution in [0.3, 0.4) is 0 Å². The van der Waals surface area contributed by atoms with Crippen molar-refractivity contribution in [3.05, 3.63) is 70.3 Å². The van der Waals surface area contributed by atoms with Crippen LogP contribution in [0.15, 0.2) is 53.6 Å². The van der Waals surface area contributed by atoms with E-state index in [1.165, 1.54) is 13.2 Å². The maximum absolute atomic E-state index is 12.2. The summed E-state index contributed by atoms with van der Waals surface area (Å²) in [4.78, 5) is 24.4. The van der Waals surface area contributed by atoms with Crippen molar-refractivity contribution in [2.24, 2.45) is 0 Å². The highest BCUT2D eigenvalue weighted by molar-refractivity contribution is 6.49. The quantitative estimate of drug-likeness (QED) is 0.857. The fourth-order valence-electron chi connectivity index (χ4n) is 2.37. The summed E-state index contributed by atoms with van der Waals surface area (Å²) >= 11 is 5.82. The van der Waals surface area contributed by atoms with Crippen LogP contribution in [0.4, 0.5) is 0 Å². The lowest BCUT2D eigenvalue weighted by atomic mass is 9.93. The molecule has 1 aliphatic rings. The van der Waals surface area contributed by atoms with E-state index >= 15 is 0 Å². The Kier molecular flexibility index (Phi) is 4.17. The number of methoxy groups -OCH3 is 1. The Morgan fingerprint density at radius 1 is 1.09 bits per heavy atom. The molecule has 5 heteroatoms. The molecule has 4 nitrogen and oxygen atoms in total. The zero-order chi connectivity index (χ0) is 16.4. The van der Waals surface area contributed by atoms with E-state index in [-0.39, 0.29) is 28.5 Å². The SMILES string of the molecule is COc1cc(OCc2ccccc2)c2c(c1)C(=O)C(Cl)=CC2=O. The van der Waals surface area contributed by atoms with Crippen molar-refractivity contribution in [2.75, 3.05) is 7.11 Å². The zero-order valence-electron chi connectivity index (χ0n) is 12.3. The number of carbonyl (C=O) groups excluding carboxylic acids is 2. The molecule has 1 aliphatic carbocycles. The molecule has 0 aliphatic heterocycles. The molecular formula is C18H13ClO4. The second-order valence-electron chi connectivity index (χ2n) is 5.01. The van der Waals surface area contributed by atoms with Gasteiger partial charge in [0.2, 0.25) is 5.78 Å². The lowest BCUT2D eigenvalue weighted by Crippen LogP contribution is -2.16. The first-order chi connectivity index (χ1) is 11.1. The third kappa shape index (κ3) is 2.98. The van der Waals surface area contributed by atoms with Crippen molar-refractivity contribution < 1.29 is 19.1 Å². The average molecular weight is 329 g/mol. The molecule has 0 saturated carbocycles. The Bertz CT molecular complexity index is 809. The van der Waals surface area contributed by atoms with Crippen molar-refractivity contribution in [3.63, 3.8) is 0 Å². The van der Waals surface area contributed by atoms with Crippen LogP contribution in [-0.2, 0) is 6.61 Å². The van der Waals surface area contributed by atoms with E-state index in [1.54, 1.807) is 6.07 Å². The summed E-state index contributed by atoms with van der Waals surface area (Å²) in [5.74, 6) is -0.0265. The average Bonchev–Trinajstić information content (AvgIpc) is 2.58. The first kappa shape index (κ1) is 15.3. The van der Waals surface area contributed by atoms with Crippen molar-refractivity contribution in [1.29, 1.82) is 0 Å². The second kappa shape index (κ2) is 6.26. The molecular weight excluding hydrogens is 316 g/mol. The van der Waals surface area contributed by atoms with Crippen LogP contribution in [0.2, 0.25) is 0 Å². The number of hydrogen-bond acceptors (Lipinski definition) is 4. The highest BCUT2D eigenvalue weighted by atomic mass is 35.5. The predicted octanol–water partition coefficient (Wildman–Crippen LogP) is 3.78. The highest BCUT2D eigenvalue weighted by Crippen LogP contribution is 2.35. The molecule has 23 heavy (non-hydrogen) atoms. The molecule has 0 atom stereocenters. The van der Waals surface area contributed by atoms with Gasteiger partial charge in [-0.15, -0.1) is 0 Å². The molecule has 0 spiro atoms. The predicted molar refractivity (Wildman–Crippen MR) is 86.4 cm³/mol. The molecule has 0 aromatic heterocycles. The first-order valence-electron chi connectivity index (χ1n) is 6.95. The van der Waals surface area contributed by atoms with Crippen molar-refractivity contribution in [1.82, 2.24) is 0 Å². The Labute approximate surface area is 138 Å². The number of carbonyl (C=O) groups is 2. The molecule has 3 rings (SSSR count). The van der Waals surface area contributed by atoms with E-state index < -0.39 is 5.78 Å². The number of fused-ring (bicyclic) bond motifs is 1. The minimum Gasteiger partial charge on any atom is -0.497 e. The number of hydrogen-bond donors (Lipinski definition) is 0. The van der Waals surface area contributed by atoms with Gasteiger partial charge in [0.05, 0.1) is 17.7 Å². The number of rotatable bonds is 4. The number of ether oxygens (including phenoxy) is 2. The van der Waals surface area contributed by atoms with Crippen LogP contribution in [0.5, 0.6) is 11.5 Å². The third-order valence-electron chi connectivity index (χ3n) is 3.51. The van der Waals surface area contributed by atoms with Gasteiger partial charge in [0.1, 0.15) is 18.1 Å². The van der Waals surface area contributed by atoms with Crippen LogP contribution in [0, 0.1) is 0 Å². The van der Waals surface area contributed by atoms with Gasteiger partial charge in [0.15, 0.2) is 5.78 Å². The maximum Gasteiger partial charge on any atom is 0.205 e. The van der Waals surface area contributed by atoms with Crippen molar-refractivity contribution >= 4 is 23.2 Å². The summed E-state index contributed by atoms with van der Waals surface area (Å²) < 4.78 is 10.9. The zero-order valence-corrected chi connectivity index (χ0v) is 13.1. The van der Waals surface area contributed by atoms with Crippen LogP contribution in [0.1, 0.15) is 26.3 Å². The maximum atomic E-state index is 12.2. The van der Waals surface area contributed by atoms with E-state index in [1.807, 2.05) is 30.3 Å². The summed E-state index contributed by atoms with van der Waals surface area (Å²) in [6.45, 7) is 0.277. The fourth-order valence-corrected chi connectivity index (χ4v) is 2.57. The van der Waals surface area contributed by atoms with Gasteiger partial charge in [-0.05, 0) is 11.6 Å². The monoisotopic (exact) mass is 328 g/mol. The number of ketones is 2. The fraction of sp³-hybridized carbons (Fsp3) is 0.111. The normalized spacial score (nSPS) is 13.4. The summed E-state index contributed by atoms with van der Waals surface area (Å²) in [5, 5.41) is -0.107. The first-order valence-corrected chi connectivity index (χ1v) is 7.33. The van der Waals surface area contributed by atoms with Crippen LogP contribution in [0.25, 0.3) is 0 Å². The summed E-state index contributed by atoms with van der Waals surface area (Å²) in [6, 6.07) is 12.6. The Balaban J connectivity index is 2.01. The molecule has 0 amide bonds. The van der Waals surface area contributed by atoms with Gasteiger partial charge in [-0.2, -0.15) is 0 Å². The Morgan fingerprint density at radius 2 is 1.83 bits per heavy atom. The van der Waals surface area contributed by atoms with E-state index in [0.29, 0.717) is 11.5 Å². The van der Waals surface area contributed by atoms with Gasteiger partial charge in [0.25, 0.3) is 0 Å². The molecule has 2 aromatic rings. The van der Waals surface area contributed by atoms with Gasteiger partial charge < -0.3 is 9.47 Å². The molecule has 0 N–H and O–H groups in total. The molecule has 116 valence electrons. The minimum absolute atomic E-state index is 0.107. The number of benzene rings is 2. The molecule has 0 bridgehead atoms. The number of allylic oxidation sites excluding steroid dienone is 2. The standard InChI is InChI=1S/C18H13ClO4/c1-22-12-7-13-17(15(20)9-14(19)18(13)21)16(8-12)23-10-11-5-3-2-4-6-11/h2-9H,10H2,1H3. The molecule has 0 heterocycles. The summed E-state index contributed by atoms with van der Waals surface area (Å²) in [5.41, 5.74) is 1.37. The topological polar surface area (TPSA) is 52.6 Å². The van der Waals surface area contributed by atoms with Crippen molar-refractivity contribution in [3.8, 4) is 11.5 Å². The van der Waals surface area contributed by atoms with Gasteiger partial charge in [0, 0.05) is 17.7 Å². The smallest absolute Gasteiger partial charge is 0.205 e. The Hall–Kier alpha value is -2.59. The third-order valence-corrected chi connectivity index (χ3v) is 3.80. The molecule has 2 aromatic carbocycles. The van der Waals surface area contributed by atoms with Gasteiger partial charge in [-0.1, -0.05) is 41.9 Å². The van der Waals surface area contributed by atoms with E-state index in [2.05, 4.69) is 0 Å². The second-order valence-corrected chi connectivity index (χ2v) is 5.42. The summed E-state index contributed by atoms with van der Waals surface area (Å²) in [6.07, 6.45) is 1.12. The summed E-state index contributed by atoms with van der Waals surface area (Å²) in [7, 11) is 1.48. The van der Waals surface area contributed by atoms with E-state index in [0.717, 1.165) is 11.6 Å². The lowest BCUT2D eigenvalue weighted by Gasteiger charge is -2.17. The van der Waals surface area contributed by atoms with Crippen LogP contribution < -0.4 is 9.47 Å². The van der Waals surface area contributed by atoms with Gasteiger partial charge >= 0.3 is 0 Å². The van der Waals surface area contributed by atoms with Gasteiger partial charge in [-0.3, -0.25) is 9.59 Å².